The zero-order valence-corrected chi connectivity index (χ0v) is 10.9. The molecule has 1 heterocycles. The number of nitrogens with zero attached hydrogens (tertiary/aromatic N) is 2. The van der Waals surface area contributed by atoms with E-state index in [2.05, 4.69) is 37.9 Å². The Balaban J connectivity index is 2.54. The summed E-state index contributed by atoms with van der Waals surface area (Å²) in [4.78, 5) is 10.4. The summed E-state index contributed by atoms with van der Waals surface area (Å²) in [5.41, 5.74) is 0.190. The van der Waals surface area contributed by atoms with Crippen LogP contribution in [-0.2, 0) is 17.6 Å². The van der Waals surface area contributed by atoms with E-state index in [9.17, 15) is 4.79 Å². The van der Waals surface area contributed by atoms with Crippen molar-refractivity contribution < 1.29 is 14.3 Å². The van der Waals surface area contributed by atoms with E-state index in [0.29, 0.717) is 24.1 Å². The Labute approximate surface area is 101 Å². The van der Waals surface area contributed by atoms with Crippen molar-refractivity contribution in [2.24, 2.45) is 11.3 Å². The van der Waals surface area contributed by atoms with Crippen LogP contribution in [0.3, 0.4) is 0 Å². The molecule has 0 aliphatic carbocycles. The normalized spacial score (nSPS) is 13.6. The first-order chi connectivity index (χ1) is 7.79. The Morgan fingerprint density at radius 3 is 2.47 bits per heavy atom. The molecule has 0 aliphatic heterocycles. The van der Waals surface area contributed by atoms with E-state index in [1.54, 1.807) is 0 Å². The van der Waals surface area contributed by atoms with Gasteiger partial charge in [-0.2, -0.15) is 0 Å². The van der Waals surface area contributed by atoms with Gasteiger partial charge in [0.05, 0.1) is 6.42 Å². The summed E-state index contributed by atoms with van der Waals surface area (Å²) in [5.74, 6) is 0.569. The molecule has 1 aromatic rings. The standard InChI is InChI=1S/C12H20N2O3/c1-8(12(2,3)4)7-10-14-13-9(17-10)5-6-11(15)16/h8H,5-7H2,1-4H3,(H,15,16). The van der Waals surface area contributed by atoms with Gasteiger partial charge in [0.15, 0.2) is 0 Å². The molecule has 0 aliphatic rings. The number of aryl methyl sites for hydroxylation is 1. The zero-order valence-electron chi connectivity index (χ0n) is 10.9. The minimum Gasteiger partial charge on any atom is -0.481 e. The van der Waals surface area contributed by atoms with Crippen molar-refractivity contribution in [1.82, 2.24) is 10.2 Å². The third kappa shape index (κ3) is 4.54. The molecule has 0 saturated carbocycles. The number of aromatic nitrogens is 2. The van der Waals surface area contributed by atoms with E-state index < -0.39 is 5.97 Å². The molecule has 1 atom stereocenters. The van der Waals surface area contributed by atoms with Crippen molar-refractivity contribution in [3.05, 3.63) is 11.8 Å². The van der Waals surface area contributed by atoms with Gasteiger partial charge in [-0.15, -0.1) is 10.2 Å². The molecule has 1 aromatic heterocycles. The van der Waals surface area contributed by atoms with Gasteiger partial charge in [0.25, 0.3) is 0 Å². The SMILES string of the molecule is CC(Cc1nnc(CCC(=O)O)o1)C(C)(C)C. The summed E-state index contributed by atoms with van der Waals surface area (Å²) < 4.78 is 5.41. The summed E-state index contributed by atoms with van der Waals surface area (Å²) >= 11 is 0. The highest BCUT2D eigenvalue weighted by Crippen LogP contribution is 2.28. The molecular weight excluding hydrogens is 220 g/mol. The summed E-state index contributed by atoms with van der Waals surface area (Å²) in [5, 5.41) is 16.3. The number of carbonyl (C=O) groups is 1. The Morgan fingerprint density at radius 1 is 1.35 bits per heavy atom. The Morgan fingerprint density at radius 2 is 1.94 bits per heavy atom. The molecule has 0 bridgehead atoms. The summed E-state index contributed by atoms with van der Waals surface area (Å²) in [6.07, 6.45) is 1.05. The molecule has 0 aromatic carbocycles. The van der Waals surface area contributed by atoms with Crippen LogP contribution in [0, 0.1) is 11.3 Å². The third-order valence-corrected chi connectivity index (χ3v) is 3.02. The molecule has 0 spiro atoms. The summed E-state index contributed by atoms with van der Waals surface area (Å²) in [7, 11) is 0. The van der Waals surface area contributed by atoms with E-state index in [0.717, 1.165) is 6.42 Å². The maximum atomic E-state index is 10.4. The number of carboxylic acid groups (broad SMARTS) is 1. The first-order valence-electron chi connectivity index (χ1n) is 5.82. The van der Waals surface area contributed by atoms with Crippen LogP contribution in [0.15, 0.2) is 4.42 Å². The Hall–Kier alpha value is -1.39. The predicted octanol–water partition coefficient (Wildman–Crippen LogP) is 2.31. The van der Waals surface area contributed by atoms with Gasteiger partial charge in [0.1, 0.15) is 0 Å². The van der Waals surface area contributed by atoms with Crippen molar-refractivity contribution >= 4 is 5.97 Å². The van der Waals surface area contributed by atoms with Crippen LogP contribution in [-0.4, -0.2) is 21.3 Å². The smallest absolute Gasteiger partial charge is 0.303 e. The lowest BCUT2D eigenvalue weighted by atomic mass is 9.80. The Bertz CT molecular complexity index is 379. The topological polar surface area (TPSA) is 76.2 Å². The van der Waals surface area contributed by atoms with Crippen molar-refractivity contribution in [2.45, 2.75) is 47.0 Å². The van der Waals surface area contributed by atoms with Crippen LogP contribution < -0.4 is 0 Å². The van der Waals surface area contributed by atoms with Gasteiger partial charge in [0, 0.05) is 12.8 Å². The number of hydrogen-bond acceptors (Lipinski definition) is 4. The predicted molar refractivity (Wildman–Crippen MR) is 62.6 cm³/mol. The molecule has 0 amide bonds. The highest BCUT2D eigenvalue weighted by Gasteiger charge is 2.22. The Kier molecular flexibility index (Phi) is 4.26. The highest BCUT2D eigenvalue weighted by molar-refractivity contribution is 5.66. The quantitative estimate of drug-likeness (QED) is 0.854. The second kappa shape index (κ2) is 5.29. The average Bonchev–Trinajstić information content (AvgIpc) is 2.61. The van der Waals surface area contributed by atoms with Crippen LogP contribution >= 0.6 is 0 Å². The molecule has 0 radical (unpaired) electrons. The lowest BCUT2D eigenvalue weighted by Gasteiger charge is -2.25. The van der Waals surface area contributed by atoms with Crippen LogP contribution in [0.1, 0.15) is 45.9 Å². The first-order valence-corrected chi connectivity index (χ1v) is 5.82. The maximum absolute atomic E-state index is 10.4. The average molecular weight is 240 g/mol. The van der Waals surface area contributed by atoms with Gasteiger partial charge in [0.2, 0.25) is 11.8 Å². The van der Waals surface area contributed by atoms with E-state index in [1.165, 1.54) is 0 Å². The summed E-state index contributed by atoms with van der Waals surface area (Å²) in [6.45, 7) is 8.64. The van der Waals surface area contributed by atoms with Crippen molar-refractivity contribution in [2.75, 3.05) is 0 Å². The largest absolute Gasteiger partial charge is 0.481 e. The third-order valence-electron chi connectivity index (χ3n) is 3.02. The number of carboxylic acids is 1. The fourth-order valence-corrected chi connectivity index (χ4v) is 1.25. The van der Waals surface area contributed by atoms with E-state index in [1.807, 2.05) is 0 Å². The second-order valence-corrected chi connectivity index (χ2v) is 5.45. The van der Waals surface area contributed by atoms with Gasteiger partial charge in [-0.25, -0.2) is 0 Å². The molecule has 0 fully saturated rings. The van der Waals surface area contributed by atoms with Crippen LogP contribution in [0.2, 0.25) is 0 Å². The van der Waals surface area contributed by atoms with Crippen molar-refractivity contribution in [3.8, 4) is 0 Å². The molecule has 5 heteroatoms. The van der Waals surface area contributed by atoms with Crippen LogP contribution in [0.5, 0.6) is 0 Å². The van der Waals surface area contributed by atoms with Crippen LogP contribution in [0.4, 0.5) is 0 Å². The molecule has 1 unspecified atom stereocenters. The molecular formula is C12H20N2O3. The van der Waals surface area contributed by atoms with Gasteiger partial charge in [-0.05, 0) is 11.3 Å². The van der Waals surface area contributed by atoms with E-state index in [4.69, 9.17) is 9.52 Å². The first kappa shape index (κ1) is 13.7. The van der Waals surface area contributed by atoms with Crippen molar-refractivity contribution in [3.63, 3.8) is 0 Å². The minimum absolute atomic E-state index is 0.0243. The van der Waals surface area contributed by atoms with Gasteiger partial charge in [-0.3, -0.25) is 4.79 Å². The highest BCUT2D eigenvalue weighted by atomic mass is 16.4. The molecule has 5 nitrogen and oxygen atoms in total. The number of rotatable bonds is 5. The summed E-state index contributed by atoms with van der Waals surface area (Å²) in [6, 6.07) is 0. The molecule has 0 saturated heterocycles. The van der Waals surface area contributed by atoms with Crippen molar-refractivity contribution in [1.29, 1.82) is 0 Å². The van der Waals surface area contributed by atoms with E-state index in [-0.39, 0.29) is 11.8 Å². The lowest BCUT2D eigenvalue weighted by molar-refractivity contribution is -0.137. The monoisotopic (exact) mass is 240 g/mol. The molecule has 1 N–H and O–H groups in total. The fraction of sp³-hybridized carbons (Fsp3) is 0.750. The number of aliphatic carboxylic acids is 1. The molecule has 17 heavy (non-hydrogen) atoms. The van der Waals surface area contributed by atoms with Gasteiger partial charge < -0.3 is 9.52 Å². The molecule has 1 rings (SSSR count). The lowest BCUT2D eigenvalue weighted by Crippen LogP contribution is -2.19. The fourth-order valence-electron chi connectivity index (χ4n) is 1.25. The minimum atomic E-state index is -0.854. The van der Waals surface area contributed by atoms with Crippen LogP contribution in [0.25, 0.3) is 0 Å². The zero-order chi connectivity index (χ0) is 13.1. The molecule has 96 valence electrons. The van der Waals surface area contributed by atoms with Gasteiger partial charge >= 0.3 is 5.97 Å². The van der Waals surface area contributed by atoms with E-state index >= 15 is 0 Å². The number of hydrogen-bond donors (Lipinski definition) is 1. The second-order valence-electron chi connectivity index (χ2n) is 5.45. The van der Waals surface area contributed by atoms with Gasteiger partial charge in [-0.1, -0.05) is 27.7 Å². The maximum Gasteiger partial charge on any atom is 0.303 e.